The van der Waals surface area contributed by atoms with Crippen LogP contribution in [0.2, 0.25) is 0 Å². The van der Waals surface area contributed by atoms with Gasteiger partial charge in [-0.05, 0) is 41.8 Å². The second-order valence-corrected chi connectivity index (χ2v) is 7.67. The van der Waals surface area contributed by atoms with Crippen LogP contribution >= 0.6 is 0 Å². The van der Waals surface area contributed by atoms with E-state index in [0.717, 1.165) is 6.26 Å². The molecule has 2 aromatic carbocycles. The third-order valence-electron chi connectivity index (χ3n) is 3.91. The smallest absolute Gasteiger partial charge is 0.339 e. The largest absolute Gasteiger partial charge is 0.457 e. The molecule has 0 unspecified atom stereocenters. The maximum Gasteiger partial charge on any atom is 0.339 e. The molecule has 1 aliphatic heterocycles. The molecule has 6 heteroatoms. The molecule has 0 aromatic heterocycles. The molecule has 0 aliphatic carbocycles. The Labute approximate surface area is 139 Å². The van der Waals surface area contributed by atoms with E-state index >= 15 is 0 Å². The summed E-state index contributed by atoms with van der Waals surface area (Å²) in [6.45, 7) is 1.80. The first-order valence-electron chi connectivity index (χ1n) is 7.24. The summed E-state index contributed by atoms with van der Waals surface area (Å²) < 4.78 is 41.7. The molecular formula is C18H15FO4S. The van der Waals surface area contributed by atoms with Gasteiger partial charge in [-0.3, -0.25) is 0 Å². The molecule has 3 rings (SSSR count). The van der Waals surface area contributed by atoms with Crippen LogP contribution < -0.4 is 0 Å². The van der Waals surface area contributed by atoms with Crippen LogP contribution in [0.15, 0.2) is 47.4 Å². The summed E-state index contributed by atoms with van der Waals surface area (Å²) in [4.78, 5) is 12.3. The third kappa shape index (κ3) is 2.97. The number of carbonyl (C=O) groups excluding carboxylic acids is 1. The Morgan fingerprint density at radius 1 is 1.04 bits per heavy atom. The molecule has 0 bridgehead atoms. The highest BCUT2D eigenvalue weighted by Gasteiger charge is 2.27. The van der Waals surface area contributed by atoms with Gasteiger partial charge in [-0.25, -0.2) is 17.6 Å². The van der Waals surface area contributed by atoms with Crippen molar-refractivity contribution < 1.29 is 22.3 Å². The number of aryl methyl sites for hydroxylation is 1. The van der Waals surface area contributed by atoms with Crippen LogP contribution in [0.3, 0.4) is 0 Å². The molecule has 24 heavy (non-hydrogen) atoms. The van der Waals surface area contributed by atoms with Crippen LogP contribution in [-0.2, 0) is 19.4 Å². The van der Waals surface area contributed by atoms with Crippen molar-refractivity contribution in [1.82, 2.24) is 0 Å². The molecule has 0 saturated heterocycles. The van der Waals surface area contributed by atoms with E-state index in [4.69, 9.17) is 4.74 Å². The molecule has 1 heterocycles. The van der Waals surface area contributed by atoms with Crippen LogP contribution in [0.5, 0.6) is 0 Å². The summed E-state index contributed by atoms with van der Waals surface area (Å²) in [5, 5.41) is 0. The van der Waals surface area contributed by atoms with E-state index in [1.807, 2.05) is 0 Å². The minimum Gasteiger partial charge on any atom is -0.457 e. The third-order valence-corrected chi connectivity index (χ3v) is 5.17. The van der Waals surface area contributed by atoms with Gasteiger partial charge in [0.05, 0.1) is 10.5 Å². The van der Waals surface area contributed by atoms with E-state index in [2.05, 4.69) is 0 Å². The number of esters is 1. The lowest BCUT2D eigenvalue weighted by atomic mass is 9.96. The van der Waals surface area contributed by atoms with Gasteiger partial charge in [0.25, 0.3) is 0 Å². The zero-order chi connectivity index (χ0) is 17.5. The lowest BCUT2D eigenvalue weighted by molar-refractivity contribution is -0.133. The number of sulfone groups is 1. The van der Waals surface area contributed by atoms with Gasteiger partial charge in [-0.15, -0.1) is 0 Å². The highest BCUT2D eigenvalue weighted by molar-refractivity contribution is 7.90. The van der Waals surface area contributed by atoms with Gasteiger partial charge in [-0.2, -0.15) is 0 Å². The summed E-state index contributed by atoms with van der Waals surface area (Å²) in [6.07, 6.45) is 1.15. The average Bonchev–Trinajstić information content (AvgIpc) is 2.88. The number of ether oxygens (including phenoxy) is 1. The van der Waals surface area contributed by atoms with Crippen molar-refractivity contribution in [3.05, 3.63) is 65.0 Å². The Kier molecular flexibility index (Phi) is 4.01. The van der Waals surface area contributed by atoms with Crippen molar-refractivity contribution in [3.8, 4) is 0 Å². The topological polar surface area (TPSA) is 60.4 Å². The summed E-state index contributed by atoms with van der Waals surface area (Å²) in [5.41, 5.74) is 2.92. The molecule has 0 radical (unpaired) electrons. The van der Waals surface area contributed by atoms with Crippen molar-refractivity contribution in [1.29, 1.82) is 0 Å². The minimum atomic E-state index is -3.31. The van der Waals surface area contributed by atoms with Crippen LogP contribution in [-0.4, -0.2) is 27.2 Å². The number of halogens is 1. The van der Waals surface area contributed by atoms with Gasteiger partial charge in [0, 0.05) is 11.8 Å². The van der Waals surface area contributed by atoms with Crippen LogP contribution in [0.25, 0.3) is 11.1 Å². The quantitative estimate of drug-likeness (QED) is 0.802. The lowest BCUT2D eigenvalue weighted by Gasteiger charge is -2.09. The van der Waals surface area contributed by atoms with E-state index in [1.165, 1.54) is 30.3 Å². The molecule has 0 fully saturated rings. The van der Waals surface area contributed by atoms with Gasteiger partial charge in [0.2, 0.25) is 0 Å². The molecule has 0 N–H and O–H groups in total. The lowest BCUT2D eigenvalue weighted by Crippen LogP contribution is -2.01. The SMILES string of the molecule is Cc1cc(C2=C(c3ccc(F)cc3)C(=O)OC2)ccc1S(C)(=O)=O. The fourth-order valence-corrected chi connectivity index (χ4v) is 3.75. The molecule has 0 atom stereocenters. The van der Waals surface area contributed by atoms with Crippen molar-refractivity contribution in [2.75, 3.05) is 12.9 Å². The van der Waals surface area contributed by atoms with Crippen LogP contribution in [0.4, 0.5) is 4.39 Å². The number of cyclic esters (lactones) is 1. The van der Waals surface area contributed by atoms with Gasteiger partial charge in [0.1, 0.15) is 12.4 Å². The van der Waals surface area contributed by atoms with Crippen LogP contribution in [0, 0.1) is 12.7 Å². The first kappa shape index (κ1) is 16.4. The predicted octanol–water partition coefficient (Wildman–Crippen LogP) is 3.01. The summed E-state index contributed by atoms with van der Waals surface area (Å²) in [7, 11) is -3.31. The number of hydrogen-bond donors (Lipinski definition) is 0. The van der Waals surface area contributed by atoms with Crippen molar-refractivity contribution >= 4 is 27.0 Å². The van der Waals surface area contributed by atoms with Crippen molar-refractivity contribution in [2.45, 2.75) is 11.8 Å². The van der Waals surface area contributed by atoms with Gasteiger partial charge >= 0.3 is 5.97 Å². The zero-order valence-electron chi connectivity index (χ0n) is 13.2. The van der Waals surface area contributed by atoms with Crippen molar-refractivity contribution in [3.63, 3.8) is 0 Å². The minimum absolute atomic E-state index is 0.100. The molecule has 0 amide bonds. The monoisotopic (exact) mass is 346 g/mol. The molecule has 0 spiro atoms. The van der Waals surface area contributed by atoms with E-state index in [1.54, 1.807) is 19.1 Å². The molecule has 2 aromatic rings. The standard InChI is InChI=1S/C18H15FO4S/c1-11-9-13(5-8-16(11)24(2,21)22)15-10-23-18(20)17(15)12-3-6-14(19)7-4-12/h3-9H,10H2,1-2H3. The maximum atomic E-state index is 13.1. The number of rotatable bonds is 3. The fourth-order valence-electron chi connectivity index (χ4n) is 2.79. The van der Waals surface area contributed by atoms with Gasteiger partial charge in [0.15, 0.2) is 9.84 Å². The van der Waals surface area contributed by atoms with E-state index < -0.39 is 15.8 Å². The maximum absolute atomic E-state index is 13.1. The van der Waals surface area contributed by atoms with Crippen LogP contribution in [0.1, 0.15) is 16.7 Å². The Bertz CT molecular complexity index is 957. The first-order valence-corrected chi connectivity index (χ1v) is 9.14. The number of benzene rings is 2. The van der Waals surface area contributed by atoms with Gasteiger partial charge < -0.3 is 4.74 Å². The summed E-state index contributed by atoms with van der Waals surface area (Å²) >= 11 is 0. The molecular weight excluding hydrogens is 331 g/mol. The summed E-state index contributed by atoms with van der Waals surface area (Å²) in [5.74, 6) is -0.859. The Hall–Kier alpha value is -2.47. The average molecular weight is 346 g/mol. The zero-order valence-corrected chi connectivity index (χ0v) is 14.0. The molecule has 1 aliphatic rings. The highest BCUT2D eigenvalue weighted by atomic mass is 32.2. The normalized spacial score (nSPS) is 14.9. The Balaban J connectivity index is 2.14. The van der Waals surface area contributed by atoms with E-state index in [0.29, 0.717) is 27.8 Å². The molecule has 0 saturated carbocycles. The van der Waals surface area contributed by atoms with E-state index in [-0.39, 0.29) is 17.3 Å². The molecule has 124 valence electrons. The van der Waals surface area contributed by atoms with Crippen molar-refractivity contribution in [2.24, 2.45) is 0 Å². The first-order chi connectivity index (χ1) is 11.3. The summed E-state index contributed by atoms with van der Waals surface area (Å²) in [6, 6.07) is 10.5. The second kappa shape index (κ2) is 5.87. The Morgan fingerprint density at radius 3 is 2.25 bits per heavy atom. The highest BCUT2D eigenvalue weighted by Crippen LogP contribution is 2.34. The van der Waals surface area contributed by atoms with E-state index in [9.17, 15) is 17.6 Å². The second-order valence-electron chi connectivity index (χ2n) is 5.69. The predicted molar refractivity (Wildman–Crippen MR) is 88.5 cm³/mol. The molecule has 4 nitrogen and oxygen atoms in total. The number of hydrogen-bond acceptors (Lipinski definition) is 4. The fraction of sp³-hybridized carbons (Fsp3) is 0.167. The number of carbonyl (C=O) groups is 1. The Morgan fingerprint density at radius 2 is 1.67 bits per heavy atom. The van der Waals surface area contributed by atoms with Gasteiger partial charge in [-0.1, -0.05) is 24.3 Å².